The van der Waals surface area contributed by atoms with Crippen LogP contribution in [0.3, 0.4) is 0 Å². The maximum absolute atomic E-state index is 5.77. The molecule has 0 aliphatic heterocycles. The van der Waals surface area contributed by atoms with Crippen LogP contribution in [0.15, 0.2) is 0 Å². The highest BCUT2D eigenvalue weighted by molar-refractivity contribution is 4.97. The first-order valence-electron chi connectivity index (χ1n) is 7.87. The molecule has 1 saturated carbocycles. The van der Waals surface area contributed by atoms with Gasteiger partial charge >= 0.3 is 0 Å². The van der Waals surface area contributed by atoms with Crippen LogP contribution in [0, 0.1) is 5.41 Å². The molecule has 1 rings (SSSR count). The summed E-state index contributed by atoms with van der Waals surface area (Å²) in [5.41, 5.74) is 6.56. The topological polar surface area (TPSA) is 32.5 Å². The smallest absolute Gasteiger partial charge is 0.0330 e. The van der Waals surface area contributed by atoms with Gasteiger partial charge in [-0.05, 0) is 71.8 Å². The molecule has 0 unspecified atom stereocenters. The lowest BCUT2D eigenvalue weighted by Crippen LogP contribution is -2.56. The number of likely N-dealkylation sites (N-methyl/N-ethyl adjacent to an activating group) is 2. The largest absolute Gasteiger partial charge is 0.330 e. The molecule has 0 bridgehead atoms. The van der Waals surface area contributed by atoms with Crippen molar-refractivity contribution >= 4 is 0 Å². The van der Waals surface area contributed by atoms with Crippen LogP contribution in [0.4, 0.5) is 0 Å². The van der Waals surface area contributed by atoms with E-state index >= 15 is 0 Å². The summed E-state index contributed by atoms with van der Waals surface area (Å²) < 4.78 is 0. The average Bonchev–Trinajstić information content (AvgIpc) is 2.29. The summed E-state index contributed by atoms with van der Waals surface area (Å²) >= 11 is 0. The molecule has 3 heteroatoms. The fourth-order valence-electron chi connectivity index (χ4n) is 3.00. The number of hydrogen-bond acceptors (Lipinski definition) is 3. The average molecular weight is 269 g/mol. The molecule has 3 nitrogen and oxygen atoms in total. The number of hydrogen-bond donors (Lipinski definition) is 1. The Labute approximate surface area is 120 Å². The van der Waals surface area contributed by atoms with Gasteiger partial charge in [0.05, 0.1) is 0 Å². The first-order valence-corrected chi connectivity index (χ1v) is 7.87. The Hall–Kier alpha value is -0.120. The van der Waals surface area contributed by atoms with Gasteiger partial charge in [-0.3, -0.25) is 0 Å². The standard InChI is InChI=1S/C16H35N3/c1-15(2,13-17)9-6-7-12-19(5)14-16(18(3)4)10-8-11-16/h6-14,17H2,1-5H3. The number of unbranched alkanes of at least 4 members (excludes halogenated alkanes) is 1. The summed E-state index contributed by atoms with van der Waals surface area (Å²) in [6, 6.07) is 0. The lowest BCUT2D eigenvalue weighted by Gasteiger charge is -2.49. The maximum atomic E-state index is 5.77. The van der Waals surface area contributed by atoms with E-state index in [4.69, 9.17) is 5.73 Å². The number of rotatable bonds is 9. The summed E-state index contributed by atoms with van der Waals surface area (Å²) in [6.45, 7) is 7.78. The molecule has 1 fully saturated rings. The molecule has 0 aromatic rings. The fourth-order valence-corrected chi connectivity index (χ4v) is 3.00. The molecule has 0 aromatic heterocycles. The van der Waals surface area contributed by atoms with Crippen LogP contribution >= 0.6 is 0 Å². The Balaban J connectivity index is 2.19. The minimum atomic E-state index is 0.317. The second-order valence-corrected chi connectivity index (χ2v) is 7.54. The summed E-state index contributed by atoms with van der Waals surface area (Å²) in [6.07, 6.45) is 7.97. The molecule has 0 aromatic carbocycles. The Morgan fingerprint density at radius 2 is 1.74 bits per heavy atom. The second-order valence-electron chi connectivity index (χ2n) is 7.54. The van der Waals surface area contributed by atoms with Crippen molar-refractivity contribution < 1.29 is 0 Å². The maximum Gasteiger partial charge on any atom is 0.0330 e. The second kappa shape index (κ2) is 7.05. The summed E-state index contributed by atoms with van der Waals surface area (Å²) in [7, 11) is 6.74. The van der Waals surface area contributed by atoms with Crippen molar-refractivity contribution in [2.24, 2.45) is 11.1 Å². The van der Waals surface area contributed by atoms with Crippen LogP contribution in [0.25, 0.3) is 0 Å². The van der Waals surface area contributed by atoms with E-state index in [0.29, 0.717) is 11.0 Å². The van der Waals surface area contributed by atoms with Crippen molar-refractivity contribution in [3.63, 3.8) is 0 Å². The molecule has 0 amide bonds. The van der Waals surface area contributed by atoms with E-state index in [9.17, 15) is 0 Å². The highest BCUT2D eigenvalue weighted by Crippen LogP contribution is 2.36. The summed E-state index contributed by atoms with van der Waals surface area (Å²) in [5, 5.41) is 0. The minimum Gasteiger partial charge on any atom is -0.330 e. The summed E-state index contributed by atoms with van der Waals surface area (Å²) in [5.74, 6) is 0. The van der Waals surface area contributed by atoms with Gasteiger partial charge in [-0.25, -0.2) is 0 Å². The van der Waals surface area contributed by atoms with Crippen molar-refractivity contribution in [3.8, 4) is 0 Å². The Morgan fingerprint density at radius 3 is 2.16 bits per heavy atom. The van der Waals surface area contributed by atoms with Gasteiger partial charge in [0, 0.05) is 12.1 Å². The zero-order chi connectivity index (χ0) is 14.5. The quantitative estimate of drug-likeness (QED) is 0.653. The van der Waals surface area contributed by atoms with E-state index in [1.807, 2.05) is 0 Å². The SMILES string of the molecule is CN(CCCCC(C)(C)CN)CC1(N(C)C)CCC1. The molecule has 0 heterocycles. The van der Waals surface area contributed by atoms with Crippen LogP contribution in [0.5, 0.6) is 0 Å². The Bertz CT molecular complexity index is 257. The molecule has 114 valence electrons. The predicted octanol–water partition coefficient (Wildman–Crippen LogP) is 2.56. The van der Waals surface area contributed by atoms with Crippen LogP contribution in [0.2, 0.25) is 0 Å². The predicted molar refractivity (Wildman–Crippen MR) is 84.5 cm³/mol. The highest BCUT2D eigenvalue weighted by atomic mass is 15.2. The van der Waals surface area contributed by atoms with Crippen LogP contribution in [-0.4, -0.2) is 56.1 Å². The van der Waals surface area contributed by atoms with Gasteiger partial charge < -0.3 is 15.5 Å². The van der Waals surface area contributed by atoms with Crippen LogP contribution in [-0.2, 0) is 0 Å². The van der Waals surface area contributed by atoms with Gasteiger partial charge in [0.15, 0.2) is 0 Å². The molecule has 0 atom stereocenters. The van der Waals surface area contributed by atoms with E-state index < -0.39 is 0 Å². The van der Waals surface area contributed by atoms with E-state index in [0.717, 1.165) is 6.54 Å². The molecule has 19 heavy (non-hydrogen) atoms. The highest BCUT2D eigenvalue weighted by Gasteiger charge is 2.39. The third-order valence-electron chi connectivity index (χ3n) is 4.99. The third kappa shape index (κ3) is 5.05. The first kappa shape index (κ1) is 16.9. The molecule has 0 radical (unpaired) electrons. The zero-order valence-corrected chi connectivity index (χ0v) is 13.8. The number of nitrogens with two attached hydrogens (primary N) is 1. The number of nitrogens with zero attached hydrogens (tertiary/aromatic N) is 2. The van der Waals surface area contributed by atoms with Gasteiger partial charge in [0.2, 0.25) is 0 Å². The summed E-state index contributed by atoms with van der Waals surface area (Å²) in [4.78, 5) is 4.96. The Kier molecular flexibility index (Phi) is 6.28. The molecule has 0 spiro atoms. The molecule has 0 saturated heterocycles. The monoisotopic (exact) mass is 269 g/mol. The molecule has 1 aliphatic carbocycles. The molecular formula is C16H35N3. The van der Waals surface area contributed by atoms with Crippen molar-refractivity contribution in [3.05, 3.63) is 0 Å². The van der Waals surface area contributed by atoms with Gasteiger partial charge in [0.25, 0.3) is 0 Å². The van der Waals surface area contributed by atoms with Crippen molar-refractivity contribution in [1.29, 1.82) is 0 Å². The first-order chi connectivity index (χ1) is 8.81. The zero-order valence-electron chi connectivity index (χ0n) is 13.8. The normalized spacial score (nSPS) is 18.9. The van der Waals surface area contributed by atoms with E-state index in [1.54, 1.807) is 0 Å². The van der Waals surface area contributed by atoms with Crippen LogP contribution < -0.4 is 5.73 Å². The van der Waals surface area contributed by atoms with E-state index in [-0.39, 0.29) is 0 Å². The Morgan fingerprint density at radius 1 is 1.11 bits per heavy atom. The van der Waals surface area contributed by atoms with Crippen molar-refractivity contribution in [2.45, 2.75) is 57.9 Å². The van der Waals surface area contributed by atoms with E-state index in [2.05, 4.69) is 44.8 Å². The molecule has 2 N–H and O–H groups in total. The van der Waals surface area contributed by atoms with Gasteiger partial charge in [-0.1, -0.05) is 20.3 Å². The molecular weight excluding hydrogens is 234 g/mol. The lowest BCUT2D eigenvalue weighted by molar-refractivity contribution is 0.0273. The molecule has 1 aliphatic rings. The van der Waals surface area contributed by atoms with E-state index in [1.165, 1.54) is 51.6 Å². The fraction of sp³-hybridized carbons (Fsp3) is 1.00. The van der Waals surface area contributed by atoms with Gasteiger partial charge in [0.1, 0.15) is 0 Å². The third-order valence-corrected chi connectivity index (χ3v) is 4.99. The van der Waals surface area contributed by atoms with Gasteiger partial charge in [-0.15, -0.1) is 0 Å². The van der Waals surface area contributed by atoms with Crippen molar-refractivity contribution in [1.82, 2.24) is 9.80 Å². The minimum absolute atomic E-state index is 0.317. The van der Waals surface area contributed by atoms with Crippen LogP contribution in [0.1, 0.15) is 52.4 Å². The van der Waals surface area contributed by atoms with Crippen molar-refractivity contribution in [2.75, 3.05) is 40.8 Å². The lowest BCUT2D eigenvalue weighted by atomic mass is 9.75. The van der Waals surface area contributed by atoms with Gasteiger partial charge in [-0.2, -0.15) is 0 Å².